The zero-order valence-corrected chi connectivity index (χ0v) is 12.9. The van der Waals surface area contributed by atoms with Gasteiger partial charge in [-0.3, -0.25) is 4.99 Å². The van der Waals surface area contributed by atoms with Crippen LogP contribution in [0.1, 0.15) is 20.8 Å². The van der Waals surface area contributed by atoms with Gasteiger partial charge in [-0.1, -0.05) is 6.08 Å². The van der Waals surface area contributed by atoms with Crippen molar-refractivity contribution >= 4 is 17.7 Å². The minimum atomic E-state index is -0.222. The molecule has 0 aromatic rings. The van der Waals surface area contributed by atoms with Crippen molar-refractivity contribution in [1.82, 2.24) is 10.6 Å². The van der Waals surface area contributed by atoms with Gasteiger partial charge in [0.1, 0.15) is 0 Å². The van der Waals surface area contributed by atoms with Crippen molar-refractivity contribution in [2.24, 2.45) is 4.99 Å². The number of aliphatic imine (C=N–C) groups is 1. The number of guanidine groups is 1. The molecule has 0 saturated heterocycles. The van der Waals surface area contributed by atoms with Crippen molar-refractivity contribution in [3.8, 4) is 0 Å². The lowest BCUT2D eigenvalue weighted by atomic mass is 10.1. The van der Waals surface area contributed by atoms with Crippen LogP contribution >= 0.6 is 11.8 Å². The maximum atomic E-state index is 5.35. The van der Waals surface area contributed by atoms with Gasteiger partial charge in [0, 0.05) is 31.7 Å². The Hall–Kier alpha value is -0.680. The average molecular weight is 273 g/mol. The van der Waals surface area contributed by atoms with E-state index in [1.807, 2.05) is 31.7 Å². The van der Waals surface area contributed by atoms with Crippen LogP contribution in [-0.2, 0) is 4.74 Å². The summed E-state index contributed by atoms with van der Waals surface area (Å²) in [5, 5.41) is 6.53. The molecule has 2 N–H and O–H groups in total. The third-order valence-corrected chi connectivity index (χ3v) is 3.25. The van der Waals surface area contributed by atoms with Gasteiger partial charge in [0.05, 0.1) is 12.1 Å². The predicted octanol–water partition coefficient (Wildman–Crippen LogP) is 1.89. The second kappa shape index (κ2) is 10.3. The van der Waals surface area contributed by atoms with Crippen LogP contribution in [0.5, 0.6) is 0 Å². The molecule has 0 fully saturated rings. The second-order valence-electron chi connectivity index (χ2n) is 4.45. The van der Waals surface area contributed by atoms with Crippen molar-refractivity contribution in [2.75, 3.05) is 38.2 Å². The largest absolute Gasteiger partial charge is 0.377 e. The number of thioether (sulfide) groups is 1. The summed E-state index contributed by atoms with van der Waals surface area (Å²) in [6, 6.07) is 0. The van der Waals surface area contributed by atoms with Crippen LogP contribution in [0.15, 0.2) is 17.6 Å². The SMILES string of the molecule is C=CCSCCNC(=NCC(C)(C)OC)NCC. The van der Waals surface area contributed by atoms with Gasteiger partial charge in [0.2, 0.25) is 0 Å². The van der Waals surface area contributed by atoms with E-state index in [1.165, 1.54) is 0 Å². The summed E-state index contributed by atoms with van der Waals surface area (Å²) in [5.74, 6) is 2.89. The predicted molar refractivity (Wildman–Crippen MR) is 82.6 cm³/mol. The van der Waals surface area contributed by atoms with Crippen LogP contribution < -0.4 is 10.6 Å². The fourth-order valence-electron chi connectivity index (χ4n) is 1.08. The maximum absolute atomic E-state index is 5.35. The van der Waals surface area contributed by atoms with E-state index in [2.05, 4.69) is 29.1 Å². The molecule has 0 bridgehead atoms. The smallest absolute Gasteiger partial charge is 0.191 e. The lowest BCUT2D eigenvalue weighted by molar-refractivity contribution is 0.0311. The minimum absolute atomic E-state index is 0.222. The first-order chi connectivity index (χ1) is 8.55. The van der Waals surface area contributed by atoms with Gasteiger partial charge >= 0.3 is 0 Å². The lowest BCUT2D eigenvalue weighted by Crippen LogP contribution is -2.40. The molecular formula is C13H27N3OS. The number of ether oxygens (including phenoxy) is 1. The Kier molecular flexibility index (Phi) is 9.87. The summed E-state index contributed by atoms with van der Waals surface area (Å²) in [7, 11) is 1.71. The van der Waals surface area contributed by atoms with Crippen molar-refractivity contribution in [1.29, 1.82) is 0 Å². The van der Waals surface area contributed by atoms with Crippen LogP contribution in [0.4, 0.5) is 0 Å². The summed E-state index contributed by atoms with van der Waals surface area (Å²) < 4.78 is 5.35. The number of methoxy groups -OCH3 is 1. The van der Waals surface area contributed by atoms with Gasteiger partial charge in [-0.15, -0.1) is 6.58 Å². The number of hydrogen-bond donors (Lipinski definition) is 2. The third kappa shape index (κ3) is 9.36. The molecule has 18 heavy (non-hydrogen) atoms. The van der Waals surface area contributed by atoms with E-state index in [0.717, 1.165) is 30.6 Å². The van der Waals surface area contributed by atoms with E-state index in [1.54, 1.807) is 7.11 Å². The van der Waals surface area contributed by atoms with E-state index < -0.39 is 0 Å². The normalized spacial score (nSPS) is 12.3. The molecule has 0 aromatic heterocycles. The molecule has 0 radical (unpaired) electrons. The first-order valence-corrected chi connectivity index (χ1v) is 7.47. The summed E-state index contributed by atoms with van der Waals surface area (Å²) in [5.41, 5.74) is -0.222. The van der Waals surface area contributed by atoms with Gasteiger partial charge < -0.3 is 15.4 Å². The first kappa shape index (κ1) is 17.3. The molecule has 0 spiro atoms. The molecule has 0 aliphatic carbocycles. The Labute approximate surface area is 116 Å². The number of nitrogens with one attached hydrogen (secondary N) is 2. The maximum Gasteiger partial charge on any atom is 0.191 e. The Balaban J connectivity index is 4.04. The quantitative estimate of drug-likeness (QED) is 0.291. The molecule has 0 unspecified atom stereocenters. The van der Waals surface area contributed by atoms with Gasteiger partial charge in [-0.25, -0.2) is 0 Å². The van der Waals surface area contributed by atoms with E-state index in [0.29, 0.717) is 6.54 Å². The molecule has 106 valence electrons. The minimum Gasteiger partial charge on any atom is -0.377 e. The molecule has 0 saturated carbocycles. The monoisotopic (exact) mass is 273 g/mol. The Morgan fingerprint density at radius 3 is 2.72 bits per heavy atom. The molecule has 0 rings (SSSR count). The van der Waals surface area contributed by atoms with Crippen molar-refractivity contribution in [3.05, 3.63) is 12.7 Å². The first-order valence-electron chi connectivity index (χ1n) is 6.31. The molecule has 0 heterocycles. The highest BCUT2D eigenvalue weighted by Gasteiger charge is 2.15. The highest BCUT2D eigenvalue weighted by atomic mass is 32.2. The number of nitrogens with zero attached hydrogens (tertiary/aromatic N) is 1. The number of rotatable bonds is 9. The van der Waals surface area contributed by atoms with Crippen LogP contribution in [0, 0.1) is 0 Å². The Morgan fingerprint density at radius 2 is 2.17 bits per heavy atom. The van der Waals surface area contributed by atoms with E-state index in [-0.39, 0.29) is 5.60 Å². The summed E-state index contributed by atoms with van der Waals surface area (Å²) in [6.07, 6.45) is 1.92. The summed E-state index contributed by atoms with van der Waals surface area (Å²) in [4.78, 5) is 4.51. The fourth-order valence-corrected chi connectivity index (χ4v) is 1.66. The van der Waals surface area contributed by atoms with Gasteiger partial charge in [-0.2, -0.15) is 11.8 Å². The zero-order chi connectivity index (χ0) is 13.9. The molecule has 0 amide bonds. The third-order valence-electron chi connectivity index (χ3n) is 2.29. The standard InChI is InChI=1S/C13H27N3OS/c1-6-9-18-10-8-15-12(14-7-2)16-11-13(3,4)17-5/h6H,1,7-11H2,2-5H3,(H2,14,15,16). The van der Waals surface area contributed by atoms with Crippen LogP contribution in [0.25, 0.3) is 0 Å². The van der Waals surface area contributed by atoms with Crippen LogP contribution in [0.3, 0.4) is 0 Å². The van der Waals surface area contributed by atoms with E-state index in [9.17, 15) is 0 Å². The van der Waals surface area contributed by atoms with Crippen molar-refractivity contribution < 1.29 is 4.74 Å². The second-order valence-corrected chi connectivity index (χ2v) is 5.60. The summed E-state index contributed by atoms with van der Waals surface area (Å²) >= 11 is 1.85. The lowest BCUT2D eigenvalue weighted by Gasteiger charge is -2.21. The van der Waals surface area contributed by atoms with Gasteiger partial charge in [0.25, 0.3) is 0 Å². The van der Waals surface area contributed by atoms with Gasteiger partial charge in [0.15, 0.2) is 5.96 Å². The van der Waals surface area contributed by atoms with Gasteiger partial charge in [-0.05, 0) is 20.8 Å². The van der Waals surface area contributed by atoms with E-state index >= 15 is 0 Å². The highest BCUT2D eigenvalue weighted by Crippen LogP contribution is 2.06. The van der Waals surface area contributed by atoms with Crippen molar-refractivity contribution in [2.45, 2.75) is 26.4 Å². The molecule has 0 atom stereocenters. The topological polar surface area (TPSA) is 45.7 Å². The Morgan fingerprint density at radius 1 is 1.44 bits per heavy atom. The molecule has 4 nitrogen and oxygen atoms in total. The molecule has 5 heteroatoms. The molecular weight excluding hydrogens is 246 g/mol. The Bertz CT molecular complexity index is 255. The molecule has 0 aliphatic heterocycles. The molecule has 0 aromatic carbocycles. The average Bonchev–Trinajstić information content (AvgIpc) is 2.35. The summed E-state index contributed by atoms with van der Waals surface area (Å²) in [6.45, 7) is 12.2. The van der Waals surface area contributed by atoms with Crippen LogP contribution in [-0.4, -0.2) is 49.8 Å². The zero-order valence-electron chi connectivity index (χ0n) is 12.1. The highest BCUT2D eigenvalue weighted by molar-refractivity contribution is 7.99. The van der Waals surface area contributed by atoms with E-state index in [4.69, 9.17) is 4.74 Å². The molecule has 0 aliphatic rings. The van der Waals surface area contributed by atoms with Crippen molar-refractivity contribution in [3.63, 3.8) is 0 Å². The fraction of sp³-hybridized carbons (Fsp3) is 0.769. The van der Waals surface area contributed by atoms with Crippen LogP contribution in [0.2, 0.25) is 0 Å². The number of hydrogen-bond acceptors (Lipinski definition) is 3.